The molecular formula is C49H60ClN5O8Si. The fraction of sp³-hybridized carbons (Fsp3) is 0.408. The van der Waals surface area contributed by atoms with E-state index in [4.69, 9.17) is 25.5 Å². The van der Waals surface area contributed by atoms with Gasteiger partial charge in [0, 0.05) is 48.3 Å². The molecule has 2 amide bonds. The molecule has 0 aliphatic carbocycles. The fourth-order valence-electron chi connectivity index (χ4n) is 8.67. The van der Waals surface area contributed by atoms with Gasteiger partial charge in [-0.3, -0.25) is 15.0 Å². The third-order valence-electron chi connectivity index (χ3n) is 13.2. The quantitative estimate of drug-likeness (QED) is 0.0475. The first-order valence-corrected chi connectivity index (χ1v) is 25.3. The summed E-state index contributed by atoms with van der Waals surface area (Å²) in [5.41, 5.74) is 5.43. The topological polar surface area (TPSA) is 166 Å². The van der Waals surface area contributed by atoms with Gasteiger partial charge in [0.05, 0.1) is 47.8 Å². The number of aromatic amines is 1. The highest BCUT2D eigenvalue weighted by atomic mass is 35.5. The van der Waals surface area contributed by atoms with Crippen LogP contribution in [0.5, 0.6) is 11.5 Å². The Kier molecular flexibility index (Phi) is 14.4. The van der Waals surface area contributed by atoms with Crippen molar-refractivity contribution in [3.8, 4) is 22.6 Å². The number of piperidine rings is 3. The van der Waals surface area contributed by atoms with E-state index in [0.717, 1.165) is 60.3 Å². The molecule has 4 heterocycles. The summed E-state index contributed by atoms with van der Waals surface area (Å²) in [6, 6.07) is 25.7. The van der Waals surface area contributed by atoms with Crippen molar-refractivity contribution in [3.63, 3.8) is 0 Å². The Morgan fingerprint density at radius 2 is 1.77 bits per heavy atom. The van der Waals surface area contributed by atoms with Crippen LogP contribution < -0.4 is 25.8 Å². The van der Waals surface area contributed by atoms with Gasteiger partial charge in [0.1, 0.15) is 11.5 Å². The number of phenolic OH excluding ortho intramolecular Hbond substituents is 1. The SMILES string of the molecule is COc1cc(NC(=O)OCCCc2ccc(-c3ccccc3)c(N(C(=O)O)[C@H]3CN4CCC3CC4)c2)c(Cl)cc1CNC[C@H](O[Si](C)(C)C(C)(C)C)c1ccc(O)c2[nH]c(=O)ccc12. The number of aromatic hydroxyl groups is 1. The van der Waals surface area contributed by atoms with Gasteiger partial charge in [-0.1, -0.05) is 80.9 Å². The number of rotatable bonds is 16. The van der Waals surface area contributed by atoms with Crippen molar-refractivity contribution in [1.82, 2.24) is 15.2 Å². The average Bonchev–Trinajstić information content (AvgIpc) is 3.26. The van der Waals surface area contributed by atoms with Gasteiger partial charge in [0.25, 0.3) is 0 Å². The highest BCUT2D eigenvalue weighted by molar-refractivity contribution is 6.74. The van der Waals surface area contributed by atoms with Gasteiger partial charge in [-0.2, -0.15) is 0 Å². The molecule has 3 aliphatic rings. The lowest BCUT2D eigenvalue weighted by atomic mass is 9.82. The third kappa shape index (κ3) is 10.6. The van der Waals surface area contributed by atoms with Crippen LogP contribution in [0, 0.1) is 5.92 Å². The molecule has 5 aromatic rings. The van der Waals surface area contributed by atoms with Crippen LogP contribution in [0.3, 0.4) is 0 Å². The molecule has 64 heavy (non-hydrogen) atoms. The first kappa shape index (κ1) is 46.6. The van der Waals surface area contributed by atoms with Crippen LogP contribution in [0.25, 0.3) is 22.0 Å². The van der Waals surface area contributed by atoms with Crippen molar-refractivity contribution in [1.29, 1.82) is 0 Å². The molecule has 0 unspecified atom stereocenters. The summed E-state index contributed by atoms with van der Waals surface area (Å²) in [7, 11) is -0.751. The summed E-state index contributed by atoms with van der Waals surface area (Å²) in [6.07, 6.45) is 1.05. The number of aromatic nitrogens is 1. The number of aryl methyl sites for hydroxylation is 1. The van der Waals surface area contributed by atoms with Crippen LogP contribution >= 0.6 is 11.6 Å². The van der Waals surface area contributed by atoms with Gasteiger partial charge < -0.3 is 39.3 Å². The second-order valence-electron chi connectivity index (χ2n) is 18.4. The molecule has 0 spiro atoms. The molecular weight excluding hydrogens is 850 g/mol. The minimum atomic E-state index is -2.30. The fourth-order valence-corrected chi connectivity index (χ4v) is 10.2. The van der Waals surface area contributed by atoms with Crippen LogP contribution in [0.1, 0.15) is 62.8 Å². The second kappa shape index (κ2) is 19.8. The molecule has 0 radical (unpaired) electrons. The van der Waals surface area contributed by atoms with E-state index in [1.807, 2.05) is 54.6 Å². The molecule has 5 N–H and O–H groups in total. The summed E-state index contributed by atoms with van der Waals surface area (Å²) in [5.74, 6) is 0.808. The summed E-state index contributed by atoms with van der Waals surface area (Å²) >= 11 is 6.73. The lowest BCUT2D eigenvalue weighted by Crippen LogP contribution is -2.59. The number of fused-ring (bicyclic) bond motifs is 4. The number of hydrogen-bond acceptors (Lipinski definition) is 9. The number of anilines is 2. The predicted octanol–water partition coefficient (Wildman–Crippen LogP) is 10.2. The summed E-state index contributed by atoms with van der Waals surface area (Å²) in [6.45, 7) is 14.5. The molecule has 1 aromatic heterocycles. The van der Waals surface area contributed by atoms with E-state index < -0.39 is 26.6 Å². The highest BCUT2D eigenvalue weighted by Gasteiger charge is 2.42. The standard InChI is InChI=1S/C49H60ClN5O8Si/c1-49(2,3)64(5,6)63-44(36-16-18-42(56)46-37(36)17-19-45(57)53-46)29-51-28-34-26-38(50)39(27-43(34)61-4)52-47(58)62-24-10-11-31-14-15-35(32-12-8-7-9-13-32)40(25-31)55(48(59)60)41-30-54-22-20-33(41)21-23-54/h7-9,12-19,25-27,33,41,44,51,56H,10-11,20-24,28-30H2,1-6H3,(H,52,58)(H,53,57)(H,59,60)/t41-,44-/m0/s1. The van der Waals surface area contributed by atoms with E-state index in [1.165, 1.54) is 6.07 Å². The molecule has 2 bridgehead atoms. The Hall–Kier alpha value is -5.38. The Bertz CT molecular complexity index is 2520. The molecule has 340 valence electrons. The molecule has 3 fully saturated rings. The van der Waals surface area contributed by atoms with Crippen molar-refractivity contribution in [3.05, 3.63) is 117 Å². The maximum absolute atomic E-state index is 13.1. The molecule has 15 heteroatoms. The number of carboxylic acid groups (broad SMARTS) is 1. The molecule has 0 saturated carbocycles. The Morgan fingerprint density at radius 1 is 1.02 bits per heavy atom. The van der Waals surface area contributed by atoms with Crippen LogP contribution in [-0.2, 0) is 22.1 Å². The van der Waals surface area contributed by atoms with E-state index in [1.54, 1.807) is 36.3 Å². The Morgan fingerprint density at radius 3 is 2.44 bits per heavy atom. The van der Waals surface area contributed by atoms with Crippen molar-refractivity contribution in [2.75, 3.05) is 50.1 Å². The number of ether oxygens (including phenoxy) is 2. The minimum absolute atomic E-state index is 0.0171. The number of benzene rings is 4. The lowest BCUT2D eigenvalue weighted by molar-refractivity contribution is 0.0837. The van der Waals surface area contributed by atoms with Gasteiger partial charge >= 0.3 is 12.2 Å². The molecule has 13 nitrogen and oxygen atoms in total. The zero-order valence-corrected chi connectivity index (χ0v) is 39.3. The van der Waals surface area contributed by atoms with Crippen molar-refractivity contribution < 1.29 is 33.7 Å². The number of carbonyl (C=O) groups excluding carboxylic acids is 1. The zero-order valence-electron chi connectivity index (χ0n) is 37.5. The monoisotopic (exact) mass is 909 g/mol. The smallest absolute Gasteiger partial charge is 0.412 e. The molecule has 3 saturated heterocycles. The number of halogens is 1. The van der Waals surface area contributed by atoms with Crippen molar-refractivity contribution in [2.24, 2.45) is 5.92 Å². The van der Waals surface area contributed by atoms with Crippen molar-refractivity contribution >= 4 is 54.4 Å². The van der Waals surface area contributed by atoms with Gasteiger partial charge in [-0.05, 0) is 104 Å². The number of methoxy groups -OCH3 is 1. The minimum Gasteiger partial charge on any atom is -0.506 e. The zero-order chi connectivity index (χ0) is 45.8. The maximum atomic E-state index is 13.1. The Balaban J connectivity index is 0.988. The number of nitrogens with zero attached hydrogens (tertiary/aromatic N) is 2. The number of phenols is 1. The van der Waals surface area contributed by atoms with Crippen LogP contribution in [-0.4, -0.2) is 86.5 Å². The summed E-state index contributed by atoms with van der Waals surface area (Å²) in [5, 5.41) is 28.4. The van der Waals surface area contributed by atoms with Crippen LogP contribution in [0.2, 0.25) is 23.2 Å². The van der Waals surface area contributed by atoms with Gasteiger partial charge in [-0.15, -0.1) is 0 Å². The maximum Gasteiger partial charge on any atom is 0.412 e. The first-order valence-electron chi connectivity index (χ1n) is 22.0. The third-order valence-corrected chi connectivity index (χ3v) is 18.0. The lowest BCUT2D eigenvalue weighted by Gasteiger charge is -2.48. The molecule has 4 aromatic carbocycles. The van der Waals surface area contributed by atoms with Crippen LogP contribution in [0.15, 0.2) is 89.7 Å². The largest absolute Gasteiger partial charge is 0.506 e. The van der Waals surface area contributed by atoms with Crippen LogP contribution in [0.4, 0.5) is 21.0 Å². The van der Waals surface area contributed by atoms with E-state index in [-0.39, 0.29) is 29.0 Å². The molecule has 8 rings (SSSR count). The van der Waals surface area contributed by atoms with E-state index >= 15 is 0 Å². The van der Waals surface area contributed by atoms with E-state index in [2.05, 4.69) is 54.4 Å². The number of pyridine rings is 1. The molecule has 2 atom stereocenters. The van der Waals surface area contributed by atoms with Gasteiger partial charge in [0.15, 0.2) is 8.32 Å². The highest BCUT2D eigenvalue weighted by Crippen LogP contribution is 2.42. The second-order valence-corrected chi connectivity index (χ2v) is 23.5. The number of H-pyrrole nitrogens is 1. The first-order chi connectivity index (χ1) is 30.5. The van der Waals surface area contributed by atoms with E-state index in [9.17, 15) is 24.6 Å². The average molecular weight is 911 g/mol. The van der Waals surface area contributed by atoms with Crippen molar-refractivity contribution in [2.45, 2.75) is 83.3 Å². The van der Waals surface area contributed by atoms with Gasteiger partial charge in [0.2, 0.25) is 5.56 Å². The Labute approximate surface area is 380 Å². The normalized spacial score (nSPS) is 17.8. The van der Waals surface area contributed by atoms with Gasteiger partial charge in [-0.25, -0.2) is 9.59 Å². The number of nitrogens with one attached hydrogen (secondary N) is 3. The number of hydrogen-bond donors (Lipinski definition) is 5. The number of carbonyl (C=O) groups is 2. The summed E-state index contributed by atoms with van der Waals surface area (Å²) < 4.78 is 18.3. The molecule has 3 aliphatic heterocycles. The summed E-state index contributed by atoms with van der Waals surface area (Å²) in [4.78, 5) is 44.9. The predicted molar refractivity (Wildman–Crippen MR) is 256 cm³/mol. The number of amides is 2. The van der Waals surface area contributed by atoms with E-state index in [0.29, 0.717) is 64.9 Å².